The molecule has 252 valence electrons. The molecule has 46 heavy (non-hydrogen) atoms. The van der Waals surface area contributed by atoms with Crippen molar-refractivity contribution in [3.05, 3.63) is 56.6 Å². The molecule has 2 aliphatic heterocycles. The number of hydrogen-bond acceptors (Lipinski definition) is 11. The maximum atomic E-state index is 11.7. The second-order valence-corrected chi connectivity index (χ2v) is 15.2. The summed E-state index contributed by atoms with van der Waals surface area (Å²) in [5, 5.41) is 38.6. The molecule has 0 unspecified atom stereocenters. The molecule has 6 N–H and O–H groups in total. The number of nitrogens with two attached hydrogens (primary N) is 1. The number of hydrogen-bond donors (Lipinski definition) is 5. The molecular weight excluding hydrogens is 594 g/mol. The summed E-state index contributed by atoms with van der Waals surface area (Å²) in [5.74, 6) is 2.58. The minimum Gasteiger partial charge on any atom is -0.431 e. The van der Waals surface area contributed by atoms with E-state index < -0.39 is 36.8 Å². The van der Waals surface area contributed by atoms with E-state index in [9.17, 15) is 24.9 Å². The molecule has 0 bridgehead atoms. The fraction of sp³-hybridized carbons (Fsp3) is 0.735. The highest BCUT2D eigenvalue weighted by Crippen LogP contribution is 2.77. The van der Waals surface area contributed by atoms with Gasteiger partial charge in [-0.05, 0) is 99.0 Å². The lowest BCUT2D eigenvalue weighted by molar-refractivity contribution is -0.139. The quantitative estimate of drug-likeness (QED) is 0.308. The van der Waals surface area contributed by atoms with E-state index in [0.29, 0.717) is 34.8 Å². The molecule has 6 aliphatic rings. The van der Waals surface area contributed by atoms with Crippen LogP contribution >= 0.6 is 0 Å². The molecule has 2 saturated heterocycles. The zero-order valence-electron chi connectivity index (χ0n) is 26.7. The molecule has 2 aromatic rings. The van der Waals surface area contributed by atoms with Crippen LogP contribution in [0, 0.1) is 35.5 Å². The van der Waals surface area contributed by atoms with Crippen molar-refractivity contribution in [2.45, 2.75) is 120 Å². The van der Waals surface area contributed by atoms with Gasteiger partial charge in [-0.25, -0.2) is 9.59 Å². The largest absolute Gasteiger partial charge is 0.431 e. The second kappa shape index (κ2) is 11.2. The van der Waals surface area contributed by atoms with Crippen LogP contribution in [0.25, 0.3) is 0 Å². The third-order valence-electron chi connectivity index (χ3n) is 13.2. The van der Waals surface area contributed by atoms with Gasteiger partial charge in [-0.2, -0.15) is 4.98 Å². The van der Waals surface area contributed by atoms with Crippen molar-refractivity contribution in [2.24, 2.45) is 28.6 Å². The maximum absolute atomic E-state index is 11.7. The fourth-order valence-corrected chi connectivity index (χ4v) is 10.6. The number of fused-ring (bicyclic) bond motifs is 3. The van der Waals surface area contributed by atoms with Gasteiger partial charge in [0.2, 0.25) is 0 Å². The van der Waals surface area contributed by atoms with Gasteiger partial charge in [0.15, 0.2) is 6.23 Å². The Morgan fingerprint density at radius 1 is 1.02 bits per heavy atom. The summed E-state index contributed by atoms with van der Waals surface area (Å²) < 4.78 is 18.1. The molecule has 0 radical (unpaired) electrons. The van der Waals surface area contributed by atoms with Crippen LogP contribution in [0.5, 0.6) is 0 Å². The summed E-state index contributed by atoms with van der Waals surface area (Å²) in [4.78, 5) is 26.7. The Bertz CT molecular complexity index is 1580. The van der Waals surface area contributed by atoms with Crippen LogP contribution in [0.3, 0.4) is 0 Å². The van der Waals surface area contributed by atoms with Crippen molar-refractivity contribution in [3.63, 3.8) is 0 Å². The number of aliphatic hydroxyl groups is 4. The number of aromatic nitrogens is 2. The average molecular weight is 642 g/mol. The highest BCUT2D eigenvalue weighted by molar-refractivity contribution is 5.36. The first kappa shape index (κ1) is 32.0. The van der Waals surface area contributed by atoms with Gasteiger partial charge in [0, 0.05) is 23.2 Å². The maximum Gasteiger partial charge on any atom is 0.351 e. The molecule has 4 aliphatic carbocycles. The lowest BCUT2D eigenvalue weighted by atomic mass is 9.44. The highest BCUT2D eigenvalue weighted by atomic mass is 16.6. The van der Waals surface area contributed by atoms with E-state index in [-0.39, 0.29) is 28.6 Å². The standard InChI is InChI=1S/C24H32O4.C10H15N3O5/c1-22-9-7-16(25)11-15(22)4-5-18-17(22)8-10-23(2)19(12-20-24(18,23)28-20)14-3-6-21(26)27-13-14;1-4-2-13(10(17)12-8(4)11)9-7(16)6(15)5(3-14)18-9/h3,6,13,15-20,25H,4-5,7-12H2,1-2H3;2,5-7,9,14-16H,3H2,1H3,(H2,11,12,17)/t15-,16+,17+,18-,19-,20-,22+,23-,24-;5-,6-,7-,9-/m11/s1. The number of aliphatic hydroxyl groups excluding tert-OH is 4. The third-order valence-corrected chi connectivity index (χ3v) is 13.2. The fourth-order valence-electron chi connectivity index (χ4n) is 10.6. The predicted octanol–water partition coefficient (Wildman–Crippen LogP) is 2.00. The van der Waals surface area contributed by atoms with Crippen LogP contribution < -0.4 is 17.0 Å². The molecule has 0 amide bonds. The van der Waals surface area contributed by atoms with Crippen LogP contribution in [0.1, 0.15) is 88.5 Å². The first-order valence-electron chi connectivity index (χ1n) is 16.8. The van der Waals surface area contributed by atoms with E-state index >= 15 is 0 Å². The molecule has 4 heterocycles. The summed E-state index contributed by atoms with van der Waals surface area (Å²) in [6.45, 7) is 6.17. The number of aryl methyl sites for hydroxylation is 1. The van der Waals surface area contributed by atoms with Crippen molar-refractivity contribution in [1.29, 1.82) is 0 Å². The molecule has 6 fully saturated rings. The zero-order chi connectivity index (χ0) is 32.8. The summed E-state index contributed by atoms with van der Waals surface area (Å²) in [5.41, 5.74) is 6.79. The van der Waals surface area contributed by atoms with Crippen molar-refractivity contribution < 1.29 is 34.3 Å². The number of ether oxygens (including phenoxy) is 2. The molecule has 2 aromatic heterocycles. The highest BCUT2D eigenvalue weighted by Gasteiger charge is 2.80. The van der Waals surface area contributed by atoms with Gasteiger partial charge in [0.05, 0.1) is 25.1 Å². The minimum atomic E-state index is -1.32. The normalized spacial score (nSPS) is 45.5. The molecule has 13 atom stereocenters. The van der Waals surface area contributed by atoms with Crippen molar-refractivity contribution in [1.82, 2.24) is 9.55 Å². The van der Waals surface area contributed by atoms with Gasteiger partial charge < -0.3 is 40.1 Å². The van der Waals surface area contributed by atoms with Crippen molar-refractivity contribution in [3.8, 4) is 0 Å². The Labute approximate surface area is 267 Å². The van der Waals surface area contributed by atoms with Gasteiger partial charge in [0.25, 0.3) is 0 Å². The van der Waals surface area contributed by atoms with E-state index in [2.05, 4.69) is 18.8 Å². The number of epoxide rings is 1. The number of rotatable bonds is 3. The molecule has 0 aromatic carbocycles. The van der Waals surface area contributed by atoms with Crippen LogP contribution in [-0.2, 0) is 9.47 Å². The summed E-state index contributed by atoms with van der Waals surface area (Å²) in [6, 6.07) is 3.55. The Morgan fingerprint density at radius 3 is 2.50 bits per heavy atom. The van der Waals surface area contributed by atoms with Crippen molar-refractivity contribution in [2.75, 3.05) is 12.3 Å². The van der Waals surface area contributed by atoms with Gasteiger partial charge in [0.1, 0.15) is 29.7 Å². The van der Waals surface area contributed by atoms with E-state index in [0.717, 1.165) is 29.7 Å². The molecule has 12 nitrogen and oxygen atoms in total. The Kier molecular flexibility index (Phi) is 7.81. The Balaban J connectivity index is 0.000000163. The van der Waals surface area contributed by atoms with Gasteiger partial charge in [-0.1, -0.05) is 13.8 Å². The molecule has 8 rings (SSSR count). The third kappa shape index (κ3) is 4.66. The lowest BCUT2D eigenvalue weighted by Gasteiger charge is -2.61. The van der Waals surface area contributed by atoms with Crippen molar-refractivity contribution >= 4 is 5.82 Å². The van der Waals surface area contributed by atoms with Crippen LogP contribution in [0.2, 0.25) is 0 Å². The minimum absolute atomic E-state index is 0.0285. The molecule has 1 spiro atoms. The summed E-state index contributed by atoms with van der Waals surface area (Å²) >= 11 is 0. The smallest absolute Gasteiger partial charge is 0.351 e. The first-order chi connectivity index (χ1) is 21.8. The number of nitrogen functional groups attached to an aromatic ring is 1. The Morgan fingerprint density at radius 2 is 1.80 bits per heavy atom. The zero-order valence-corrected chi connectivity index (χ0v) is 26.7. The molecule has 4 saturated carbocycles. The van der Waals surface area contributed by atoms with Gasteiger partial charge in [-0.3, -0.25) is 4.57 Å². The second-order valence-electron chi connectivity index (χ2n) is 15.2. The van der Waals surface area contributed by atoms with E-state index in [1.165, 1.54) is 43.9 Å². The number of anilines is 1. The number of nitrogens with zero attached hydrogens (tertiary/aromatic N) is 2. The van der Waals surface area contributed by atoms with Crippen LogP contribution in [-0.4, -0.2) is 72.7 Å². The van der Waals surface area contributed by atoms with E-state index in [1.807, 2.05) is 6.07 Å². The predicted molar refractivity (Wildman–Crippen MR) is 166 cm³/mol. The Hall–Kier alpha value is -2.61. The van der Waals surface area contributed by atoms with E-state index in [4.69, 9.17) is 24.7 Å². The topological polar surface area (TPSA) is 194 Å². The summed E-state index contributed by atoms with van der Waals surface area (Å²) in [6.07, 6.45) is 7.94. The van der Waals surface area contributed by atoms with Crippen LogP contribution in [0.4, 0.5) is 5.82 Å². The summed E-state index contributed by atoms with van der Waals surface area (Å²) in [7, 11) is 0. The SMILES string of the molecule is C[C@]12CC[C@H](O)C[C@H]1CC[C@@H]1[C@@H]2CC[C@]2(C)[C@@H](c3ccc(=O)oc3)C[C@H]3O[C@]132.Cc1cn([C@@H]2O[C@H](CO)[C@@H](O)[C@H]2O)c(=O)nc1N. The molecule has 12 heteroatoms. The van der Waals surface area contributed by atoms with Gasteiger partial charge in [-0.15, -0.1) is 0 Å². The monoisotopic (exact) mass is 641 g/mol. The first-order valence-corrected chi connectivity index (χ1v) is 16.8. The van der Waals surface area contributed by atoms with Gasteiger partial charge >= 0.3 is 11.3 Å². The molecular formula is C34H47N3O9. The average Bonchev–Trinajstić information content (AvgIpc) is 3.60. The van der Waals surface area contributed by atoms with Crippen LogP contribution in [0.15, 0.2) is 38.6 Å². The lowest BCUT2D eigenvalue weighted by Crippen LogP contribution is -2.58. The van der Waals surface area contributed by atoms with E-state index in [1.54, 1.807) is 19.3 Å².